The van der Waals surface area contributed by atoms with E-state index in [0.29, 0.717) is 16.7 Å². The summed E-state index contributed by atoms with van der Waals surface area (Å²) in [6, 6.07) is 18.2. The molecule has 3 aromatic rings. The molecule has 1 atom stereocenters. The number of nitrogens with zero attached hydrogens (tertiary/aromatic N) is 3. The van der Waals surface area contributed by atoms with Crippen LogP contribution in [0.1, 0.15) is 19.4 Å². The largest absolute Gasteiger partial charge is 0.448 e. The van der Waals surface area contributed by atoms with E-state index in [1.807, 2.05) is 42.5 Å². The highest BCUT2D eigenvalue weighted by molar-refractivity contribution is 7.99. The minimum Gasteiger partial charge on any atom is -0.448 e. The predicted octanol–water partition coefficient (Wildman–Crippen LogP) is 4.88. The standard InChI is InChI=1S/C21H20N4OS/c1-3-27-21-23-20-18(24-25-21)16-11-7-8-12-17(16)22-19(26-20)14(2)13-15-9-5-4-6-10-15/h4-13,19,22H,3H2,1-2H3/b14-13-/t19-/m1/s1. The van der Waals surface area contributed by atoms with Gasteiger partial charge in [-0.3, -0.25) is 0 Å². The van der Waals surface area contributed by atoms with E-state index in [0.717, 1.165) is 28.1 Å². The van der Waals surface area contributed by atoms with Gasteiger partial charge in [0.05, 0.1) is 0 Å². The Morgan fingerprint density at radius 3 is 2.70 bits per heavy atom. The number of anilines is 1. The van der Waals surface area contributed by atoms with Crippen molar-refractivity contribution in [3.05, 3.63) is 65.7 Å². The topological polar surface area (TPSA) is 59.9 Å². The molecule has 0 unspecified atom stereocenters. The van der Waals surface area contributed by atoms with Gasteiger partial charge in [-0.2, -0.15) is 4.98 Å². The SMILES string of the molecule is CCSc1nnc2c(n1)O[C@H](/C(C)=C\c1ccccc1)Nc1ccccc1-2. The normalized spacial score (nSPS) is 15.8. The summed E-state index contributed by atoms with van der Waals surface area (Å²) in [6.07, 6.45) is 1.77. The van der Waals surface area contributed by atoms with Crippen molar-refractivity contribution in [2.24, 2.45) is 0 Å². The Labute approximate surface area is 162 Å². The summed E-state index contributed by atoms with van der Waals surface area (Å²) in [7, 11) is 0. The number of rotatable bonds is 4. The molecule has 0 bridgehead atoms. The molecule has 5 nitrogen and oxygen atoms in total. The molecule has 27 heavy (non-hydrogen) atoms. The lowest BCUT2D eigenvalue weighted by Gasteiger charge is -2.20. The second-order valence-electron chi connectivity index (χ2n) is 6.17. The molecule has 1 N–H and O–H groups in total. The van der Waals surface area contributed by atoms with Crippen LogP contribution in [0.2, 0.25) is 0 Å². The molecule has 0 fully saturated rings. The van der Waals surface area contributed by atoms with Crippen LogP contribution in [0, 0.1) is 0 Å². The molecule has 0 amide bonds. The molecular weight excluding hydrogens is 356 g/mol. The lowest BCUT2D eigenvalue weighted by molar-refractivity contribution is 0.255. The second-order valence-corrected chi connectivity index (χ2v) is 7.40. The molecule has 0 saturated carbocycles. The number of fused-ring (bicyclic) bond motifs is 3. The molecule has 4 rings (SSSR count). The Hall–Kier alpha value is -2.86. The summed E-state index contributed by atoms with van der Waals surface area (Å²) in [5.41, 5.74) is 4.73. The van der Waals surface area contributed by atoms with Crippen LogP contribution in [0.5, 0.6) is 5.88 Å². The first-order valence-electron chi connectivity index (χ1n) is 8.88. The van der Waals surface area contributed by atoms with E-state index in [4.69, 9.17) is 4.74 Å². The van der Waals surface area contributed by atoms with Crippen LogP contribution in [-0.4, -0.2) is 27.2 Å². The van der Waals surface area contributed by atoms with Crippen molar-refractivity contribution in [2.75, 3.05) is 11.1 Å². The first-order chi connectivity index (χ1) is 13.2. The molecule has 2 aromatic carbocycles. The number of ether oxygens (including phenoxy) is 1. The summed E-state index contributed by atoms with van der Waals surface area (Å²) < 4.78 is 6.25. The molecule has 1 aromatic heterocycles. The highest BCUT2D eigenvalue weighted by Gasteiger charge is 2.25. The number of aromatic nitrogens is 3. The minimum atomic E-state index is -0.344. The Morgan fingerprint density at radius 2 is 1.89 bits per heavy atom. The summed E-state index contributed by atoms with van der Waals surface area (Å²) in [5, 5.41) is 12.7. The van der Waals surface area contributed by atoms with Crippen molar-refractivity contribution in [1.29, 1.82) is 0 Å². The maximum absolute atomic E-state index is 6.25. The fraction of sp³-hybridized carbons (Fsp3) is 0.190. The van der Waals surface area contributed by atoms with Crippen molar-refractivity contribution >= 4 is 23.5 Å². The number of thioether (sulfide) groups is 1. The van der Waals surface area contributed by atoms with Crippen LogP contribution in [0.15, 0.2) is 65.3 Å². The van der Waals surface area contributed by atoms with Gasteiger partial charge in [-0.1, -0.05) is 73.3 Å². The highest BCUT2D eigenvalue weighted by Crippen LogP contribution is 2.37. The summed E-state index contributed by atoms with van der Waals surface area (Å²) in [4.78, 5) is 4.60. The van der Waals surface area contributed by atoms with Crippen molar-refractivity contribution in [2.45, 2.75) is 25.2 Å². The molecule has 0 spiro atoms. The minimum absolute atomic E-state index is 0.344. The first-order valence-corrected chi connectivity index (χ1v) is 9.86. The number of nitrogens with one attached hydrogen (secondary N) is 1. The van der Waals surface area contributed by atoms with Gasteiger partial charge in [-0.25, -0.2) is 0 Å². The summed E-state index contributed by atoms with van der Waals surface area (Å²) in [6.45, 7) is 4.11. The van der Waals surface area contributed by atoms with Crippen molar-refractivity contribution in [3.63, 3.8) is 0 Å². The van der Waals surface area contributed by atoms with E-state index < -0.39 is 0 Å². The number of para-hydroxylation sites is 1. The van der Waals surface area contributed by atoms with Gasteiger partial charge in [0.1, 0.15) is 0 Å². The van der Waals surface area contributed by atoms with E-state index in [9.17, 15) is 0 Å². The van der Waals surface area contributed by atoms with Crippen molar-refractivity contribution in [1.82, 2.24) is 15.2 Å². The van der Waals surface area contributed by atoms with Gasteiger partial charge in [0, 0.05) is 11.3 Å². The Balaban J connectivity index is 1.76. The smallest absolute Gasteiger partial charge is 0.247 e. The second kappa shape index (κ2) is 7.80. The molecule has 0 saturated heterocycles. The Kier molecular flexibility index (Phi) is 5.07. The van der Waals surface area contributed by atoms with Crippen LogP contribution in [0.25, 0.3) is 17.3 Å². The van der Waals surface area contributed by atoms with Crippen molar-refractivity contribution in [3.8, 4) is 17.1 Å². The van der Waals surface area contributed by atoms with E-state index in [-0.39, 0.29) is 6.23 Å². The molecular formula is C21H20N4OS. The molecule has 6 heteroatoms. The van der Waals surface area contributed by atoms with Crippen LogP contribution >= 0.6 is 11.8 Å². The van der Waals surface area contributed by atoms with Gasteiger partial charge in [0.2, 0.25) is 11.0 Å². The van der Waals surface area contributed by atoms with Gasteiger partial charge >= 0.3 is 0 Å². The summed E-state index contributed by atoms with van der Waals surface area (Å²) in [5.74, 6) is 1.38. The maximum atomic E-state index is 6.25. The molecule has 0 aliphatic carbocycles. The van der Waals surface area contributed by atoms with Crippen molar-refractivity contribution < 1.29 is 4.74 Å². The van der Waals surface area contributed by atoms with Crippen LogP contribution in [-0.2, 0) is 0 Å². The molecule has 2 heterocycles. The fourth-order valence-corrected chi connectivity index (χ4v) is 3.44. The monoisotopic (exact) mass is 376 g/mol. The van der Waals surface area contributed by atoms with Crippen LogP contribution in [0.4, 0.5) is 5.69 Å². The lowest BCUT2D eigenvalue weighted by Crippen LogP contribution is -2.27. The maximum Gasteiger partial charge on any atom is 0.247 e. The summed E-state index contributed by atoms with van der Waals surface area (Å²) >= 11 is 1.55. The van der Waals surface area contributed by atoms with Crippen LogP contribution in [0.3, 0.4) is 0 Å². The van der Waals surface area contributed by atoms with E-state index in [2.05, 4.69) is 52.6 Å². The Bertz CT molecular complexity index is 975. The third kappa shape index (κ3) is 3.80. The van der Waals surface area contributed by atoms with Gasteiger partial charge < -0.3 is 10.1 Å². The fourth-order valence-electron chi connectivity index (χ4n) is 2.93. The van der Waals surface area contributed by atoms with E-state index in [1.54, 1.807) is 11.8 Å². The highest BCUT2D eigenvalue weighted by atomic mass is 32.2. The van der Waals surface area contributed by atoms with E-state index in [1.165, 1.54) is 0 Å². The van der Waals surface area contributed by atoms with Gasteiger partial charge in [0.15, 0.2) is 11.9 Å². The molecule has 1 aliphatic heterocycles. The van der Waals surface area contributed by atoms with Crippen LogP contribution < -0.4 is 10.1 Å². The third-order valence-corrected chi connectivity index (χ3v) is 4.93. The Morgan fingerprint density at radius 1 is 1.11 bits per heavy atom. The van der Waals surface area contributed by atoms with Gasteiger partial charge in [0.25, 0.3) is 0 Å². The zero-order valence-electron chi connectivity index (χ0n) is 15.2. The number of hydrogen-bond donors (Lipinski definition) is 1. The average molecular weight is 376 g/mol. The average Bonchev–Trinajstić information content (AvgIpc) is 2.85. The van der Waals surface area contributed by atoms with Gasteiger partial charge in [-0.05, 0) is 29.9 Å². The predicted molar refractivity (Wildman–Crippen MR) is 110 cm³/mol. The quantitative estimate of drug-likeness (QED) is 0.655. The zero-order chi connectivity index (χ0) is 18.6. The molecule has 0 radical (unpaired) electrons. The first kappa shape index (κ1) is 17.5. The molecule has 136 valence electrons. The molecule has 1 aliphatic rings. The van der Waals surface area contributed by atoms with Gasteiger partial charge in [-0.15, -0.1) is 10.2 Å². The number of benzene rings is 2. The zero-order valence-corrected chi connectivity index (χ0v) is 16.0. The lowest BCUT2D eigenvalue weighted by atomic mass is 10.1. The third-order valence-electron chi connectivity index (χ3n) is 4.21. The van der Waals surface area contributed by atoms with E-state index >= 15 is 0 Å². The number of hydrogen-bond acceptors (Lipinski definition) is 6.